The number of ether oxygens (including phenoxy) is 1. The van der Waals surface area contributed by atoms with E-state index in [2.05, 4.69) is 5.32 Å². The van der Waals surface area contributed by atoms with Crippen molar-refractivity contribution in [2.45, 2.75) is 20.5 Å². The van der Waals surface area contributed by atoms with Crippen molar-refractivity contribution in [3.63, 3.8) is 0 Å². The average molecular weight is 417 g/mol. The summed E-state index contributed by atoms with van der Waals surface area (Å²) in [4.78, 5) is 12.6. The summed E-state index contributed by atoms with van der Waals surface area (Å²) in [5.74, 6) is 0.0498. The summed E-state index contributed by atoms with van der Waals surface area (Å²) < 4.78 is 5.95. The maximum absolute atomic E-state index is 12.6. The van der Waals surface area contributed by atoms with Crippen LogP contribution >= 0.6 is 11.6 Å². The average Bonchev–Trinajstić information content (AvgIpc) is 2.73. The lowest BCUT2D eigenvalue weighted by Crippen LogP contribution is -2.14. The van der Waals surface area contributed by atoms with E-state index in [1.807, 2.05) is 62.4 Å². The van der Waals surface area contributed by atoms with Crippen LogP contribution in [0.2, 0.25) is 5.02 Å². The number of para-hydroxylation sites is 1. The molecule has 0 heterocycles. The van der Waals surface area contributed by atoms with E-state index < -0.39 is 5.91 Å². The number of aryl methyl sites for hydroxylation is 2. The third kappa shape index (κ3) is 5.50. The summed E-state index contributed by atoms with van der Waals surface area (Å²) in [7, 11) is 0. The Morgan fingerprint density at radius 1 is 1.10 bits per heavy atom. The van der Waals surface area contributed by atoms with Crippen molar-refractivity contribution in [3.8, 4) is 11.8 Å². The molecule has 3 rings (SSSR count). The minimum Gasteiger partial charge on any atom is -0.488 e. The molecule has 3 aromatic rings. The Morgan fingerprint density at radius 2 is 1.90 bits per heavy atom. The molecule has 30 heavy (non-hydrogen) atoms. The minimum absolute atomic E-state index is 0.0408. The second kappa shape index (κ2) is 9.78. The first-order valence-electron chi connectivity index (χ1n) is 9.43. The monoisotopic (exact) mass is 416 g/mol. The van der Waals surface area contributed by atoms with Crippen LogP contribution in [0, 0.1) is 25.2 Å². The highest BCUT2D eigenvalue weighted by molar-refractivity contribution is 6.30. The zero-order valence-electron chi connectivity index (χ0n) is 16.8. The number of benzene rings is 3. The Kier molecular flexibility index (Phi) is 6.90. The standard InChI is InChI=1S/C25H21ClN2O2/c1-17-6-5-8-19(12-17)16-30-24-11-10-22(26)14-20(24)13-21(15-27)25(29)28-23-9-4-3-7-18(23)2/h3-14H,16H2,1-2H3,(H,28,29)/b21-13+. The lowest BCUT2D eigenvalue weighted by atomic mass is 10.1. The summed E-state index contributed by atoms with van der Waals surface area (Å²) >= 11 is 6.14. The number of amides is 1. The van der Waals surface area contributed by atoms with Crippen LogP contribution in [-0.2, 0) is 11.4 Å². The first kappa shape index (κ1) is 21.2. The van der Waals surface area contributed by atoms with Gasteiger partial charge in [-0.15, -0.1) is 0 Å². The first-order valence-corrected chi connectivity index (χ1v) is 9.81. The number of carbonyl (C=O) groups excluding carboxylic acids is 1. The number of hydrogen-bond acceptors (Lipinski definition) is 3. The molecule has 150 valence electrons. The Balaban J connectivity index is 1.84. The smallest absolute Gasteiger partial charge is 0.266 e. The molecule has 0 radical (unpaired) electrons. The van der Waals surface area contributed by atoms with Crippen LogP contribution < -0.4 is 10.1 Å². The van der Waals surface area contributed by atoms with Crippen LogP contribution in [0.1, 0.15) is 22.3 Å². The zero-order chi connectivity index (χ0) is 21.5. The number of rotatable bonds is 6. The quantitative estimate of drug-likeness (QED) is 0.391. The molecule has 0 unspecified atom stereocenters. The Bertz CT molecular complexity index is 1150. The Morgan fingerprint density at radius 3 is 2.63 bits per heavy atom. The second-order valence-corrected chi connectivity index (χ2v) is 7.34. The third-order valence-electron chi connectivity index (χ3n) is 4.51. The molecule has 0 aliphatic carbocycles. The highest BCUT2D eigenvalue weighted by atomic mass is 35.5. The van der Waals surface area contributed by atoms with Crippen LogP contribution in [-0.4, -0.2) is 5.91 Å². The van der Waals surface area contributed by atoms with E-state index >= 15 is 0 Å². The fraction of sp³-hybridized carbons (Fsp3) is 0.120. The molecule has 0 bridgehead atoms. The maximum Gasteiger partial charge on any atom is 0.266 e. The van der Waals surface area contributed by atoms with E-state index in [9.17, 15) is 10.1 Å². The normalized spacial score (nSPS) is 10.9. The van der Waals surface area contributed by atoms with Gasteiger partial charge in [-0.05, 0) is 55.3 Å². The molecule has 1 N–H and O–H groups in total. The number of anilines is 1. The number of halogens is 1. The summed E-state index contributed by atoms with van der Waals surface area (Å²) in [6.45, 7) is 4.27. The van der Waals surface area contributed by atoms with Gasteiger partial charge in [0.05, 0.1) is 0 Å². The maximum atomic E-state index is 12.6. The van der Waals surface area contributed by atoms with E-state index in [0.29, 0.717) is 28.6 Å². The predicted molar refractivity (Wildman–Crippen MR) is 120 cm³/mol. The highest BCUT2D eigenvalue weighted by Crippen LogP contribution is 2.27. The molecule has 0 aliphatic rings. The van der Waals surface area contributed by atoms with Gasteiger partial charge in [-0.2, -0.15) is 5.26 Å². The topological polar surface area (TPSA) is 62.1 Å². The fourth-order valence-electron chi connectivity index (χ4n) is 2.93. The van der Waals surface area contributed by atoms with Crippen molar-refractivity contribution in [2.75, 3.05) is 5.32 Å². The van der Waals surface area contributed by atoms with Gasteiger partial charge < -0.3 is 10.1 Å². The molecule has 0 saturated heterocycles. The minimum atomic E-state index is -0.489. The van der Waals surface area contributed by atoms with E-state index in [0.717, 1.165) is 16.7 Å². The molecule has 0 spiro atoms. The van der Waals surface area contributed by atoms with E-state index in [1.54, 1.807) is 24.3 Å². The van der Waals surface area contributed by atoms with Crippen LogP contribution in [0.15, 0.2) is 72.3 Å². The van der Waals surface area contributed by atoms with Crippen molar-refractivity contribution >= 4 is 29.3 Å². The van der Waals surface area contributed by atoms with Crippen LogP contribution in [0.5, 0.6) is 5.75 Å². The molecule has 0 aromatic heterocycles. The molecule has 0 aliphatic heterocycles. The molecule has 0 atom stereocenters. The molecule has 1 amide bonds. The SMILES string of the molecule is Cc1cccc(COc2ccc(Cl)cc2/C=C(\C#N)C(=O)Nc2ccccc2C)c1. The van der Waals surface area contributed by atoms with Crippen molar-refractivity contribution in [1.82, 2.24) is 0 Å². The van der Waals surface area contributed by atoms with Gasteiger partial charge >= 0.3 is 0 Å². The van der Waals surface area contributed by atoms with Gasteiger partial charge in [0.1, 0.15) is 24.0 Å². The lowest BCUT2D eigenvalue weighted by molar-refractivity contribution is -0.112. The van der Waals surface area contributed by atoms with E-state index in [-0.39, 0.29) is 5.57 Å². The molecule has 0 saturated carbocycles. The summed E-state index contributed by atoms with van der Waals surface area (Å²) in [6.07, 6.45) is 1.49. The van der Waals surface area contributed by atoms with Gasteiger partial charge in [0.2, 0.25) is 0 Å². The van der Waals surface area contributed by atoms with Gasteiger partial charge in [0.25, 0.3) is 5.91 Å². The molecule has 4 nitrogen and oxygen atoms in total. The van der Waals surface area contributed by atoms with Crippen molar-refractivity contribution in [2.24, 2.45) is 0 Å². The van der Waals surface area contributed by atoms with Crippen molar-refractivity contribution in [3.05, 3.63) is 99.6 Å². The van der Waals surface area contributed by atoms with Crippen LogP contribution in [0.3, 0.4) is 0 Å². The molecule has 5 heteroatoms. The Labute approximate surface area is 181 Å². The molecular weight excluding hydrogens is 396 g/mol. The van der Waals surface area contributed by atoms with Gasteiger partial charge in [0, 0.05) is 16.3 Å². The third-order valence-corrected chi connectivity index (χ3v) is 4.74. The zero-order valence-corrected chi connectivity index (χ0v) is 17.5. The number of nitriles is 1. The molecular formula is C25H21ClN2O2. The van der Waals surface area contributed by atoms with Crippen molar-refractivity contribution in [1.29, 1.82) is 5.26 Å². The van der Waals surface area contributed by atoms with Gasteiger partial charge in [-0.3, -0.25) is 4.79 Å². The van der Waals surface area contributed by atoms with Gasteiger partial charge in [-0.1, -0.05) is 59.6 Å². The molecule has 0 fully saturated rings. The molecule has 3 aromatic carbocycles. The summed E-state index contributed by atoms with van der Waals surface area (Å²) in [5.41, 5.74) is 4.26. The predicted octanol–water partition coefficient (Wildman–Crippen LogP) is 6.08. The summed E-state index contributed by atoms with van der Waals surface area (Å²) in [6, 6.07) is 22.5. The Hall–Kier alpha value is -3.55. The first-order chi connectivity index (χ1) is 14.5. The fourth-order valence-corrected chi connectivity index (χ4v) is 3.11. The van der Waals surface area contributed by atoms with Crippen LogP contribution in [0.4, 0.5) is 5.69 Å². The number of carbonyl (C=O) groups is 1. The van der Waals surface area contributed by atoms with Crippen LogP contribution in [0.25, 0.3) is 6.08 Å². The van der Waals surface area contributed by atoms with Gasteiger partial charge in [-0.25, -0.2) is 0 Å². The van der Waals surface area contributed by atoms with E-state index in [4.69, 9.17) is 16.3 Å². The number of nitrogens with zero attached hydrogens (tertiary/aromatic N) is 1. The number of hydrogen-bond donors (Lipinski definition) is 1. The largest absolute Gasteiger partial charge is 0.488 e. The van der Waals surface area contributed by atoms with E-state index in [1.165, 1.54) is 6.08 Å². The lowest BCUT2D eigenvalue weighted by Gasteiger charge is -2.11. The van der Waals surface area contributed by atoms with Gasteiger partial charge in [0.15, 0.2) is 0 Å². The van der Waals surface area contributed by atoms with Crippen molar-refractivity contribution < 1.29 is 9.53 Å². The summed E-state index contributed by atoms with van der Waals surface area (Å²) in [5, 5.41) is 12.8. The second-order valence-electron chi connectivity index (χ2n) is 6.90. The number of nitrogens with one attached hydrogen (secondary N) is 1. The highest BCUT2D eigenvalue weighted by Gasteiger charge is 2.13.